The number of ether oxygens (including phenoxy) is 1. The minimum absolute atomic E-state index is 0.00154. The van der Waals surface area contributed by atoms with Crippen molar-refractivity contribution in [2.45, 2.75) is 46.0 Å². The lowest BCUT2D eigenvalue weighted by molar-refractivity contribution is -0.136. The van der Waals surface area contributed by atoms with Gasteiger partial charge in [-0.05, 0) is 50.1 Å². The van der Waals surface area contributed by atoms with Gasteiger partial charge in [-0.3, -0.25) is 0 Å². The largest absolute Gasteiger partial charge is 0.493 e. The molecule has 0 aromatic heterocycles. The van der Waals surface area contributed by atoms with Crippen molar-refractivity contribution < 1.29 is 35.3 Å². The third-order valence-corrected chi connectivity index (χ3v) is 6.15. The number of methoxy groups -OCH3 is 1. The Labute approximate surface area is 191 Å². The molecular formula is C22H27F3N2O5S. The number of carbonyl (C=O) groups excluding carboxylic acids is 1. The van der Waals surface area contributed by atoms with Crippen LogP contribution < -0.4 is 14.2 Å². The lowest BCUT2D eigenvalue weighted by Gasteiger charge is -2.29. The summed E-state index contributed by atoms with van der Waals surface area (Å²) in [5.74, 6) is -0.0985. The average molecular weight is 489 g/mol. The molecule has 0 saturated carbocycles. The summed E-state index contributed by atoms with van der Waals surface area (Å²) in [5.41, 5.74) is -0.792. The molecule has 2 rings (SSSR count). The van der Waals surface area contributed by atoms with E-state index in [1.165, 1.54) is 49.3 Å². The Kier molecular flexibility index (Phi) is 8.59. The van der Waals surface area contributed by atoms with E-state index in [9.17, 15) is 26.4 Å². The topological polar surface area (TPSA) is 84.9 Å². The number of alkyl halides is 3. The Morgan fingerprint density at radius 1 is 1.12 bits per heavy atom. The number of anilines is 1. The number of urea groups is 1. The van der Waals surface area contributed by atoms with E-state index in [1.807, 2.05) is 6.92 Å². The van der Waals surface area contributed by atoms with Crippen LogP contribution in [0, 0.1) is 0 Å². The van der Waals surface area contributed by atoms with E-state index >= 15 is 0 Å². The van der Waals surface area contributed by atoms with E-state index in [-0.39, 0.29) is 35.5 Å². The SMILES string of the molecule is CCC(C)N(Cc1ccc(OC)c(OS(=O)(=O)CC)c1)C(=O)Nc1ccccc1C(F)(F)F. The van der Waals surface area contributed by atoms with Gasteiger partial charge in [-0.25, -0.2) is 4.79 Å². The molecule has 0 saturated heterocycles. The second kappa shape index (κ2) is 10.8. The molecule has 2 aromatic carbocycles. The number of carbonyl (C=O) groups is 1. The fourth-order valence-electron chi connectivity index (χ4n) is 2.95. The highest BCUT2D eigenvalue weighted by Crippen LogP contribution is 2.35. The van der Waals surface area contributed by atoms with Crippen molar-refractivity contribution >= 4 is 21.8 Å². The number of halogens is 3. The van der Waals surface area contributed by atoms with E-state index in [4.69, 9.17) is 8.92 Å². The molecule has 0 aliphatic heterocycles. The van der Waals surface area contributed by atoms with Crippen LogP contribution in [0.25, 0.3) is 0 Å². The predicted octanol–water partition coefficient (Wildman–Crippen LogP) is 5.28. The molecule has 182 valence electrons. The smallest absolute Gasteiger partial charge is 0.418 e. The van der Waals surface area contributed by atoms with Gasteiger partial charge in [-0.2, -0.15) is 21.6 Å². The molecule has 0 bridgehead atoms. The van der Waals surface area contributed by atoms with Gasteiger partial charge in [0.25, 0.3) is 0 Å². The number of nitrogens with one attached hydrogen (secondary N) is 1. The van der Waals surface area contributed by atoms with Gasteiger partial charge in [0.15, 0.2) is 11.5 Å². The zero-order valence-electron chi connectivity index (χ0n) is 18.8. The normalized spacial score (nSPS) is 12.7. The zero-order valence-corrected chi connectivity index (χ0v) is 19.6. The fourth-order valence-corrected chi connectivity index (χ4v) is 3.47. The van der Waals surface area contributed by atoms with Gasteiger partial charge in [0.2, 0.25) is 0 Å². The summed E-state index contributed by atoms with van der Waals surface area (Å²) in [6.07, 6.45) is -4.09. The molecule has 0 aliphatic rings. The average Bonchev–Trinajstić information content (AvgIpc) is 2.76. The maximum atomic E-state index is 13.3. The van der Waals surface area contributed by atoms with Crippen LogP contribution in [0.15, 0.2) is 42.5 Å². The molecule has 1 atom stereocenters. The Balaban J connectivity index is 2.35. The van der Waals surface area contributed by atoms with Crippen molar-refractivity contribution in [3.63, 3.8) is 0 Å². The van der Waals surface area contributed by atoms with Crippen molar-refractivity contribution in [3.8, 4) is 11.5 Å². The van der Waals surface area contributed by atoms with Crippen LogP contribution in [-0.2, 0) is 22.8 Å². The molecule has 0 aliphatic carbocycles. The second-order valence-corrected chi connectivity index (χ2v) is 9.13. The van der Waals surface area contributed by atoms with Gasteiger partial charge in [0, 0.05) is 12.6 Å². The van der Waals surface area contributed by atoms with Gasteiger partial charge >= 0.3 is 22.3 Å². The van der Waals surface area contributed by atoms with Crippen LogP contribution in [0.4, 0.5) is 23.7 Å². The van der Waals surface area contributed by atoms with Gasteiger partial charge in [-0.1, -0.05) is 25.1 Å². The minimum atomic E-state index is -4.63. The van der Waals surface area contributed by atoms with Crippen molar-refractivity contribution in [1.29, 1.82) is 0 Å². The summed E-state index contributed by atoms with van der Waals surface area (Å²) in [5, 5.41) is 2.35. The quantitative estimate of drug-likeness (QED) is 0.486. The molecule has 0 radical (unpaired) electrons. The van der Waals surface area contributed by atoms with E-state index in [0.29, 0.717) is 12.0 Å². The first-order chi connectivity index (χ1) is 15.4. The Hall–Kier alpha value is -2.95. The van der Waals surface area contributed by atoms with Crippen LogP contribution >= 0.6 is 0 Å². The summed E-state index contributed by atoms with van der Waals surface area (Å²) in [6.45, 7) is 5.03. The summed E-state index contributed by atoms with van der Waals surface area (Å²) in [4.78, 5) is 14.3. The van der Waals surface area contributed by atoms with Crippen LogP contribution in [0.1, 0.15) is 38.3 Å². The van der Waals surface area contributed by atoms with Gasteiger partial charge in [0.05, 0.1) is 24.1 Å². The Morgan fingerprint density at radius 2 is 1.79 bits per heavy atom. The third-order valence-electron chi connectivity index (χ3n) is 5.01. The fraction of sp³-hybridized carbons (Fsp3) is 0.409. The molecular weight excluding hydrogens is 461 g/mol. The first-order valence-electron chi connectivity index (χ1n) is 10.2. The standard InChI is InChI=1S/C22H27F3N2O5S/c1-5-15(3)27(21(28)26-18-10-8-7-9-17(18)22(23,24)25)14-16-11-12-19(31-4)20(13-16)32-33(29,30)6-2/h7-13,15H,5-6,14H2,1-4H3,(H,26,28). The van der Waals surface area contributed by atoms with E-state index in [2.05, 4.69) is 5.32 Å². The first-order valence-corrected chi connectivity index (χ1v) is 11.8. The molecule has 0 fully saturated rings. The summed E-state index contributed by atoms with van der Waals surface area (Å²) < 4.78 is 74.0. The maximum absolute atomic E-state index is 13.3. The van der Waals surface area contributed by atoms with Gasteiger partial charge in [0.1, 0.15) is 0 Å². The van der Waals surface area contributed by atoms with Crippen molar-refractivity contribution in [2.24, 2.45) is 0 Å². The van der Waals surface area contributed by atoms with E-state index in [0.717, 1.165) is 6.07 Å². The monoisotopic (exact) mass is 488 g/mol. The number of para-hydroxylation sites is 1. The highest BCUT2D eigenvalue weighted by Gasteiger charge is 2.34. The Bertz CT molecular complexity index is 1070. The van der Waals surface area contributed by atoms with Crippen molar-refractivity contribution in [3.05, 3.63) is 53.6 Å². The third kappa shape index (κ3) is 7.01. The summed E-state index contributed by atoms with van der Waals surface area (Å²) >= 11 is 0. The van der Waals surface area contributed by atoms with Crippen LogP contribution in [0.3, 0.4) is 0 Å². The van der Waals surface area contributed by atoms with Crippen molar-refractivity contribution in [2.75, 3.05) is 18.2 Å². The molecule has 0 heterocycles. The van der Waals surface area contributed by atoms with Crippen LogP contribution in [0.5, 0.6) is 11.5 Å². The minimum Gasteiger partial charge on any atom is -0.493 e. The van der Waals surface area contributed by atoms with E-state index in [1.54, 1.807) is 13.0 Å². The number of hydrogen-bond acceptors (Lipinski definition) is 5. The molecule has 11 heteroatoms. The predicted molar refractivity (Wildman–Crippen MR) is 119 cm³/mol. The van der Waals surface area contributed by atoms with Crippen LogP contribution in [0.2, 0.25) is 0 Å². The van der Waals surface area contributed by atoms with Crippen LogP contribution in [-0.4, -0.2) is 38.3 Å². The number of hydrogen-bond donors (Lipinski definition) is 1. The molecule has 1 unspecified atom stereocenters. The lowest BCUT2D eigenvalue weighted by Crippen LogP contribution is -2.41. The number of amides is 2. The van der Waals surface area contributed by atoms with Gasteiger partial charge in [-0.15, -0.1) is 0 Å². The first kappa shape index (κ1) is 26.3. The molecule has 2 amide bonds. The zero-order chi connectivity index (χ0) is 24.8. The summed E-state index contributed by atoms with van der Waals surface area (Å²) in [6, 6.07) is 8.23. The molecule has 7 nitrogen and oxygen atoms in total. The number of rotatable bonds is 9. The molecule has 33 heavy (non-hydrogen) atoms. The highest BCUT2D eigenvalue weighted by atomic mass is 32.2. The summed E-state index contributed by atoms with van der Waals surface area (Å²) in [7, 11) is -2.47. The van der Waals surface area contributed by atoms with Gasteiger partial charge < -0.3 is 19.1 Å². The molecule has 0 spiro atoms. The lowest BCUT2D eigenvalue weighted by atomic mass is 10.1. The molecule has 2 aromatic rings. The van der Waals surface area contributed by atoms with E-state index < -0.39 is 27.9 Å². The highest BCUT2D eigenvalue weighted by molar-refractivity contribution is 7.87. The number of nitrogens with zero attached hydrogens (tertiary/aromatic N) is 1. The molecule has 1 N–H and O–H groups in total. The number of benzene rings is 2. The maximum Gasteiger partial charge on any atom is 0.418 e. The Morgan fingerprint density at radius 3 is 2.36 bits per heavy atom. The second-order valence-electron chi connectivity index (χ2n) is 7.27. The van der Waals surface area contributed by atoms with Crippen molar-refractivity contribution in [1.82, 2.24) is 4.90 Å².